The molecule has 0 fully saturated rings. The van der Waals surface area contributed by atoms with Gasteiger partial charge in [0.15, 0.2) is 0 Å². The van der Waals surface area contributed by atoms with Crippen molar-refractivity contribution in [3.63, 3.8) is 0 Å². The van der Waals surface area contributed by atoms with E-state index in [2.05, 4.69) is 5.10 Å². The van der Waals surface area contributed by atoms with E-state index in [4.69, 9.17) is 16.2 Å². The molecule has 0 aliphatic heterocycles. The Labute approximate surface area is 104 Å². The lowest BCUT2D eigenvalue weighted by atomic mass is 10.0. The molecule has 94 valence electrons. The number of hydrogen-bond donors (Lipinski definition) is 2. The van der Waals surface area contributed by atoms with Gasteiger partial charge in [-0.3, -0.25) is 4.68 Å². The van der Waals surface area contributed by atoms with Crippen LogP contribution in [0.2, 0.25) is 0 Å². The minimum atomic E-state index is -0.493. The summed E-state index contributed by atoms with van der Waals surface area (Å²) in [5.74, 6) is 0.00978. The van der Waals surface area contributed by atoms with E-state index in [1.165, 1.54) is 11.8 Å². The standard InChI is InChI=1S/C12H14N4O2/c1-16-10(14)6-9(15-16)7-4-3-5-8(13)11(7)12(17)18-2/h3-6H,13-14H2,1-2H3. The van der Waals surface area contributed by atoms with Crippen LogP contribution in [-0.2, 0) is 11.8 Å². The largest absolute Gasteiger partial charge is 0.465 e. The predicted octanol–water partition coefficient (Wildman–Crippen LogP) is 1.04. The van der Waals surface area contributed by atoms with E-state index in [-0.39, 0.29) is 0 Å². The van der Waals surface area contributed by atoms with E-state index in [9.17, 15) is 4.79 Å². The van der Waals surface area contributed by atoms with Gasteiger partial charge in [-0.1, -0.05) is 12.1 Å². The van der Waals surface area contributed by atoms with Gasteiger partial charge >= 0.3 is 5.97 Å². The highest BCUT2D eigenvalue weighted by Gasteiger charge is 2.18. The first kappa shape index (κ1) is 12.0. The van der Waals surface area contributed by atoms with Gasteiger partial charge < -0.3 is 16.2 Å². The molecule has 0 unspecified atom stereocenters. The number of aromatic nitrogens is 2. The maximum atomic E-state index is 11.8. The first-order valence-corrected chi connectivity index (χ1v) is 5.31. The number of carbonyl (C=O) groups is 1. The van der Waals surface area contributed by atoms with Gasteiger partial charge in [-0.15, -0.1) is 0 Å². The number of methoxy groups -OCH3 is 1. The number of rotatable bonds is 2. The topological polar surface area (TPSA) is 96.2 Å². The lowest BCUT2D eigenvalue weighted by Crippen LogP contribution is -2.08. The minimum Gasteiger partial charge on any atom is -0.465 e. The Hall–Kier alpha value is -2.50. The van der Waals surface area contributed by atoms with E-state index in [0.717, 1.165) is 0 Å². The van der Waals surface area contributed by atoms with Gasteiger partial charge in [0.2, 0.25) is 0 Å². The Bertz CT molecular complexity index is 585. The van der Waals surface area contributed by atoms with Crippen LogP contribution >= 0.6 is 0 Å². The van der Waals surface area contributed by atoms with Gasteiger partial charge in [-0.05, 0) is 6.07 Å². The number of carbonyl (C=O) groups excluding carboxylic acids is 1. The summed E-state index contributed by atoms with van der Waals surface area (Å²) in [7, 11) is 3.04. The highest BCUT2D eigenvalue weighted by Crippen LogP contribution is 2.28. The molecular weight excluding hydrogens is 232 g/mol. The van der Waals surface area contributed by atoms with Gasteiger partial charge in [0.1, 0.15) is 5.82 Å². The molecule has 2 rings (SSSR count). The van der Waals surface area contributed by atoms with Crippen molar-refractivity contribution in [2.45, 2.75) is 0 Å². The maximum Gasteiger partial charge on any atom is 0.340 e. The Morgan fingerprint density at radius 2 is 2.11 bits per heavy atom. The van der Waals surface area contributed by atoms with Crippen molar-refractivity contribution in [1.29, 1.82) is 0 Å². The minimum absolute atomic E-state index is 0.304. The van der Waals surface area contributed by atoms with Crippen LogP contribution in [0.4, 0.5) is 11.5 Å². The molecule has 0 amide bonds. The number of nitrogens with two attached hydrogens (primary N) is 2. The number of aryl methyl sites for hydroxylation is 1. The zero-order valence-corrected chi connectivity index (χ0v) is 10.2. The molecule has 2 aromatic rings. The molecule has 18 heavy (non-hydrogen) atoms. The molecule has 0 saturated carbocycles. The Morgan fingerprint density at radius 3 is 2.67 bits per heavy atom. The highest BCUT2D eigenvalue weighted by molar-refractivity contribution is 6.02. The molecule has 0 atom stereocenters. The van der Waals surface area contributed by atoms with Gasteiger partial charge in [-0.2, -0.15) is 5.10 Å². The first-order valence-electron chi connectivity index (χ1n) is 5.31. The molecule has 6 heteroatoms. The molecule has 0 spiro atoms. The van der Waals surface area contributed by atoms with E-state index in [1.807, 2.05) is 0 Å². The normalized spacial score (nSPS) is 10.3. The van der Waals surface area contributed by atoms with Crippen LogP contribution in [0.5, 0.6) is 0 Å². The smallest absolute Gasteiger partial charge is 0.340 e. The van der Waals surface area contributed by atoms with E-state index < -0.39 is 5.97 Å². The number of benzene rings is 1. The summed E-state index contributed by atoms with van der Waals surface area (Å²) in [4.78, 5) is 11.8. The number of nitrogen functional groups attached to an aromatic ring is 2. The summed E-state index contributed by atoms with van der Waals surface area (Å²) >= 11 is 0. The Morgan fingerprint density at radius 1 is 1.39 bits per heavy atom. The zero-order valence-electron chi connectivity index (χ0n) is 10.2. The van der Waals surface area contributed by atoms with Crippen LogP contribution in [0, 0.1) is 0 Å². The second-order valence-electron chi connectivity index (χ2n) is 3.84. The molecule has 4 N–H and O–H groups in total. The number of hydrogen-bond acceptors (Lipinski definition) is 5. The summed E-state index contributed by atoms with van der Waals surface area (Å²) in [6.45, 7) is 0. The third-order valence-corrected chi connectivity index (χ3v) is 2.68. The SMILES string of the molecule is COC(=O)c1c(N)cccc1-c1cc(N)n(C)n1. The summed E-state index contributed by atoms with van der Waals surface area (Å²) in [5, 5.41) is 4.23. The fourth-order valence-corrected chi connectivity index (χ4v) is 1.73. The van der Waals surface area contributed by atoms with Crippen LogP contribution in [-0.4, -0.2) is 22.9 Å². The summed E-state index contributed by atoms with van der Waals surface area (Å²) in [5.41, 5.74) is 13.4. The van der Waals surface area contributed by atoms with Crippen molar-refractivity contribution in [2.24, 2.45) is 7.05 Å². The molecule has 0 bridgehead atoms. The van der Waals surface area contributed by atoms with Crippen molar-refractivity contribution in [3.8, 4) is 11.3 Å². The molecule has 6 nitrogen and oxygen atoms in total. The van der Waals surface area contributed by atoms with E-state index in [1.54, 1.807) is 31.3 Å². The van der Waals surface area contributed by atoms with Gasteiger partial charge in [0, 0.05) is 24.4 Å². The fourth-order valence-electron chi connectivity index (χ4n) is 1.73. The van der Waals surface area contributed by atoms with Crippen molar-refractivity contribution < 1.29 is 9.53 Å². The molecule has 0 saturated heterocycles. The van der Waals surface area contributed by atoms with Crippen LogP contribution in [0.15, 0.2) is 24.3 Å². The maximum absolute atomic E-state index is 11.8. The van der Waals surface area contributed by atoms with Gasteiger partial charge in [0.25, 0.3) is 0 Å². The lowest BCUT2D eigenvalue weighted by Gasteiger charge is -2.08. The number of esters is 1. The third kappa shape index (κ3) is 1.88. The van der Waals surface area contributed by atoms with Crippen molar-refractivity contribution in [2.75, 3.05) is 18.6 Å². The Balaban J connectivity index is 2.64. The summed E-state index contributed by atoms with van der Waals surface area (Å²) in [6, 6.07) is 6.83. The summed E-state index contributed by atoms with van der Waals surface area (Å²) < 4.78 is 6.26. The molecule has 1 aromatic carbocycles. The van der Waals surface area contributed by atoms with Crippen molar-refractivity contribution >= 4 is 17.5 Å². The fraction of sp³-hybridized carbons (Fsp3) is 0.167. The average Bonchev–Trinajstić information content (AvgIpc) is 2.68. The van der Waals surface area contributed by atoms with Crippen LogP contribution in [0.1, 0.15) is 10.4 Å². The van der Waals surface area contributed by atoms with Crippen molar-refractivity contribution in [1.82, 2.24) is 9.78 Å². The molecule has 0 aliphatic rings. The van der Waals surface area contributed by atoms with Crippen LogP contribution < -0.4 is 11.5 Å². The quantitative estimate of drug-likeness (QED) is 0.609. The third-order valence-electron chi connectivity index (χ3n) is 2.68. The highest BCUT2D eigenvalue weighted by atomic mass is 16.5. The first-order chi connectivity index (χ1) is 8.54. The van der Waals surface area contributed by atoms with Gasteiger partial charge in [0.05, 0.1) is 18.4 Å². The van der Waals surface area contributed by atoms with Crippen LogP contribution in [0.3, 0.4) is 0 Å². The number of anilines is 2. The molecular formula is C12H14N4O2. The zero-order chi connectivity index (χ0) is 13.3. The molecule has 1 heterocycles. The predicted molar refractivity (Wildman–Crippen MR) is 68.8 cm³/mol. The molecule has 0 radical (unpaired) electrons. The second kappa shape index (κ2) is 4.40. The average molecular weight is 246 g/mol. The number of nitrogens with zero attached hydrogens (tertiary/aromatic N) is 2. The van der Waals surface area contributed by atoms with Gasteiger partial charge in [-0.25, -0.2) is 4.79 Å². The van der Waals surface area contributed by atoms with E-state index >= 15 is 0 Å². The lowest BCUT2D eigenvalue weighted by molar-refractivity contribution is 0.0603. The number of ether oxygens (including phenoxy) is 1. The molecule has 1 aromatic heterocycles. The monoisotopic (exact) mass is 246 g/mol. The second-order valence-corrected chi connectivity index (χ2v) is 3.84. The van der Waals surface area contributed by atoms with E-state index in [0.29, 0.717) is 28.3 Å². The molecule has 0 aliphatic carbocycles. The summed E-state index contributed by atoms with van der Waals surface area (Å²) in [6.07, 6.45) is 0. The van der Waals surface area contributed by atoms with Crippen LogP contribution in [0.25, 0.3) is 11.3 Å². The van der Waals surface area contributed by atoms with Crippen molar-refractivity contribution in [3.05, 3.63) is 29.8 Å². The Kier molecular flexibility index (Phi) is 2.93.